The molecule has 0 atom stereocenters. The molecule has 0 aliphatic heterocycles. The van der Waals surface area contributed by atoms with Crippen molar-refractivity contribution in [3.05, 3.63) is 83.9 Å². The standard InChI is InChI=1S/C22H18Se/c1-15-12-16(2)22-20(13-15)19-11-7-6-8-17(19)14-21(22)23-18-9-4-3-5-10-18/h3-14H,1-2H3. The van der Waals surface area contributed by atoms with E-state index in [9.17, 15) is 0 Å². The van der Waals surface area contributed by atoms with E-state index in [1.165, 1.54) is 41.6 Å². The Morgan fingerprint density at radius 2 is 1.43 bits per heavy atom. The zero-order valence-corrected chi connectivity index (χ0v) is 15.0. The second-order valence-electron chi connectivity index (χ2n) is 6.02. The SMILES string of the molecule is Cc1cc(C)c2c([Se]c3ccccc3)cc3ccccc3c2c1. The van der Waals surface area contributed by atoms with Crippen LogP contribution in [-0.2, 0) is 0 Å². The van der Waals surface area contributed by atoms with Gasteiger partial charge in [-0.05, 0) is 0 Å². The molecule has 4 aromatic rings. The average molecular weight is 361 g/mol. The molecule has 0 radical (unpaired) electrons. The zero-order valence-electron chi connectivity index (χ0n) is 13.3. The van der Waals surface area contributed by atoms with E-state index in [1.807, 2.05) is 0 Å². The summed E-state index contributed by atoms with van der Waals surface area (Å²) in [5.74, 6) is 0. The summed E-state index contributed by atoms with van der Waals surface area (Å²) in [7, 11) is 0. The quantitative estimate of drug-likeness (QED) is 0.370. The molecule has 0 amide bonds. The van der Waals surface area contributed by atoms with Gasteiger partial charge in [-0.2, -0.15) is 0 Å². The van der Waals surface area contributed by atoms with Gasteiger partial charge in [0, 0.05) is 0 Å². The van der Waals surface area contributed by atoms with Crippen LogP contribution in [0.1, 0.15) is 11.1 Å². The van der Waals surface area contributed by atoms with E-state index in [1.54, 1.807) is 0 Å². The van der Waals surface area contributed by atoms with Crippen LogP contribution < -0.4 is 8.92 Å². The molecule has 0 aliphatic carbocycles. The van der Waals surface area contributed by atoms with Gasteiger partial charge in [-0.3, -0.25) is 0 Å². The molecular weight excluding hydrogens is 343 g/mol. The Bertz CT molecular complexity index is 1000. The predicted octanol–water partition coefficient (Wildman–Crippen LogP) is 4.26. The molecule has 0 N–H and O–H groups in total. The number of hydrogen-bond donors (Lipinski definition) is 0. The van der Waals surface area contributed by atoms with Crippen molar-refractivity contribution >= 4 is 45.4 Å². The third-order valence-corrected chi connectivity index (χ3v) is 6.44. The second-order valence-corrected chi connectivity index (χ2v) is 8.36. The van der Waals surface area contributed by atoms with Crippen molar-refractivity contribution in [2.75, 3.05) is 0 Å². The van der Waals surface area contributed by atoms with Gasteiger partial charge in [0.15, 0.2) is 0 Å². The van der Waals surface area contributed by atoms with Gasteiger partial charge in [0.1, 0.15) is 0 Å². The van der Waals surface area contributed by atoms with Gasteiger partial charge in [0.05, 0.1) is 0 Å². The minimum absolute atomic E-state index is 0.323. The molecule has 0 aliphatic rings. The van der Waals surface area contributed by atoms with Crippen molar-refractivity contribution in [3.8, 4) is 0 Å². The van der Waals surface area contributed by atoms with E-state index < -0.39 is 0 Å². The van der Waals surface area contributed by atoms with E-state index in [0.29, 0.717) is 15.0 Å². The van der Waals surface area contributed by atoms with Gasteiger partial charge >= 0.3 is 143 Å². The molecular formula is C22H18Se. The molecule has 0 spiro atoms. The van der Waals surface area contributed by atoms with E-state index >= 15 is 0 Å². The Labute approximate surface area is 143 Å². The van der Waals surface area contributed by atoms with Crippen LogP contribution in [0, 0.1) is 13.8 Å². The summed E-state index contributed by atoms with van der Waals surface area (Å²) in [4.78, 5) is 0. The van der Waals surface area contributed by atoms with Crippen LogP contribution in [-0.4, -0.2) is 15.0 Å². The van der Waals surface area contributed by atoms with Gasteiger partial charge in [0.25, 0.3) is 0 Å². The summed E-state index contributed by atoms with van der Waals surface area (Å²) in [5.41, 5.74) is 2.73. The summed E-state index contributed by atoms with van der Waals surface area (Å²) in [6.07, 6.45) is 0. The molecule has 1 heteroatoms. The van der Waals surface area contributed by atoms with Crippen molar-refractivity contribution in [2.24, 2.45) is 0 Å². The molecule has 0 saturated carbocycles. The first-order valence-electron chi connectivity index (χ1n) is 7.88. The molecule has 4 rings (SSSR count). The number of rotatable bonds is 2. The fourth-order valence-electron chi connectivity index (χ4n) is 3.28. The molecule has 112 valence electrons. The minimum atomic E-state index is 0.323. The number of fused-ring (bicyclic) bond motifs is 3. The van der Waals surface area contributed by atoms with Crippen LogP contribution in [0.25, 0.3) is 21.5 Å². The Hall–Kier alpha value is -2.08. The van der Waals surface area contributed by atoms with E-state index in [0.717, 1.165) is 0 Å². The number of hydrogen-bond acceptors (Lipinski definition) is 0. The fraction of sp³-hybridized carbons (Fsp3) is 0.0909. The Morgan fingerprint density at radius 3 is 2.26 bits per heavy atom. The van der Waals surface area contributed by atoms with Gasteiger partial charge in [0.2, 0.25) is 0 Å². The molecule has 0 unspecified atom stereocenters. The predicted molar refractivity (Wildman–Crippen MR) is 102 cm³/mol. The van der Waals surface area contributed by atoms with Gasteiger partial charge in [-0.25, -0.2) is 0 Å². The Balaban J connectivity index is 2.05. The van der Waals surface area contributed by atoms with Crippen LogP contribution in [0.2, 0.25) is 0 Å². The molecule has 0 fully saturated rings. The Morgan fingerprint density at radius 1 is 0.696 bits per heavy atom. The van der Waals surface area contributed by atoms with Crippen molar-refractivity contribution in [2.45, 2.75) is 13.8 Å². The van der Waals surface area contributed by atoms with Crippen molar-refractivity contribution < 1.29 is 0 Å². The number of aryl methyl sites for hydroxylation is 2. The summed E-state index contributed by atoms with van der Waals surface area (Å²) in [6, 6.07) is 26.6. The molecule has 23 heavy (non-hydrogen) atoms. The second kappa shape index (κ2) is 5.85. The Kier molecular flexibility index (Phi) is 3.69. The van der Waals surface area contributed by atoms with Crippen LogP contribution >= 0.6 is 0 Å². The summed E-state index contributed by atoms with van der Waals surface area (Å²) >= 11 is 0.323. The van der Waals surface area contributed by atoms with E-state index in [4.69, 9.17) is 0 Å². The van der Waals surface area contributed by atoms with E-state index in [-0.39, 0.29) is 0 Å². The maximum atomic E-state index is 2.40. The first-order valence-corrected chi connectivity index (χ1v) is 9.59. The van der Waals surface area contributed by atoms with Crippen LogP contribution in [0.15, 0.2) is 72.8 Å². The maximum absolute atomic E-state index is 2.40. The van der Waals surface area contributed by atoms with Gasteiger partial charge < -0.3 is 0 Å². The molecule has 0 aromatic heterocycles. The average Bonchev–Trinajstić information content (AvgIpc) is 2.55. The number of benzene rings is 4. The zero-order chi connectivity index (χ0) is 15.8. The topological polar surface area (TPSA) is 0 Å². The van der Waals surface area contributed by atoms with E-state index in [2.05, 4.69) is 86.6 Å². The van der Waals surface area contributed by atoms with Crippen LogP contribution in [0.3, 0.4) is 0 Å². The molecule has 0 bridgehead atoms. The third kappa shape index (κ3) is 2.67. The van der Waals surface area contributed by atoms with Crippen molar-refractivity contribution in [3.63, 3.8) is 0 Å². The third-order valence-electron chi connectivity index (χ3n) is 4.23. The molecule has 0 nitrogen and oxygen atoms in total. The van der Waals surface area contributed by atoms with Crippen LogP contribution in [0.5, 0.6) is 0 Å². The summed E-state index contributed by atoms with van der Waals surface area (Å²) in [5, 5.41) is 5.55. The van der Waals surface area contributed by atoms with Crippen molar-refractivity contribution in [1.29, 1.82) is 0 Å². The molecule has 4 aromatic carbocycles. The fourth-order valence-corrected chi connectivity index (χ4v) is 5.61. The normalized spacial score (nSPS) is 11.2. The van der Waals surface area contributed by atoms with Gasteiger partial charge in [-0.15, -0.1) is 0 Å². The molecule has 0 saturated heterocycles. The van der Waals surface area contributed by atoms with Gasteiger partial charge in [-0.1, -0.05) is 0 Å². The summed E-state index contributed by atoms with van der Waals surface area (Å²) < 4.78 is 2.91. The first kappa shape index (κ1) is 14.5. The van der Waals surface area contributed by atoms with Crippen molar-refractivity contribution in [1.82, 2.24) is 0 Å². The van der Waals surface area contributed by atoms with Crippen LogP contribution in [0.4, 0.5) is 0 Å². The molecule has 0 heterocycles. The summed E-state index contributed by atoms with van der Waals surface area (Å²) in [6.45, 7) is 4.44. The monoisotopic (exact) mass is 362 g/mol. The first-order chi connectivity index (χ1) is 11.2.